The molecule has 1 atom stereocenters. The second kappa shape index (κ2) is 6.04. The van der Waals surface area contributed by atoms with E-state index in [1.54, 1.807) is 30.3 Å². The molecule has 20 heavy (non-hydrogen) atoms. The van der Waals surface area contributed by atoms with Crippen LogP contribution in [-0.4, -0.2) is 11.7 Å². The standard InChI is InChI=1S/C15H13FN2O2/c16-12-5-3-7-15(11(12)8-17)20-9-14(19)10-4-1-2-6-13(10)18/h1-7,14,19H,9,18H2. The molecule has 4 nitrogen and oxygen atoms in total. The fourth-order valence-corrected chi connectivity index (χ4v) is 1.81. The lowest BCUT2D eigenvalue weighted by molar-refractivity contribution is 0.108. The van der Waals surface area contributed by atoms with Gasteiger partial charge in [-0.2, -0.15) is 5.26 Å². The number of nitrogens with two attached hydrogens (primary N) is 1. The maximum absolute atomic E-state index is 13.4. The minimum Gasteiger partial charge on any atom is -0.489 e. The molecule has 0 saturated heterocycles. The van der Waals surface area contributed by atoms with Crippen molar-refractivity contribution in [3.05, 3.63) is 59.4 Å². The van der Waals surface area contributed by atoms with E-state index in [-0.39, 0.29) is 17.9 Å². The van der Waals surface area contributed by atoms with Crippen LogP contribution in [0.15, 0.2) is 42.5 Å². The molecular weight excluding hydrogens is 259 g/mol. The molecule has 0 saturated carbocycles. The van der Waals surface area contributed by atoms with Crippen molar-refractivity contribution in [2.45, 2.75) is 6.10 Å². The van der Waals surface area contributed by atoms with Crippen molar-refractivity contribution in [3.8, 4) is 11.8 Å². The summed E-state index contributed by atoms with van der Waals surface area (Å²) in [5.41, 5.74) is 6.54. The lowest BCUT2D eigenvalue weighted by Crippen LogP contribution is -2.12. The summed E-state index contributed by atoms with van der Waals surface area (Å²) >= 11 is 0. The lowest BCUT2D eigenvalue weighted by atomic mass is 10.1. The van der Waals surface area contributed by atoms with Crippen molar-refractivity contribution in [2.75, 3.05) is 12.3 Å². The van der Waals surface area contributed by atoms with Crippen LogP contribution in [0.25, 0.3) is 0 Å². The molecule has 0 fully saturated rings. The smallest absolute Gasteiger partial charge is 0.144 e. The van der Waals surface area contributed by atoms with Crippen LogP contribution in [0.4, 0.5) is 10.1 Å². The van der Waals surface area contributed by atoms with Gasteiger partial charge in [-0.05, 0) is 18.2 Å². The molecule has 1 unspecified atom stereocenters. The fourth-order valence-electron chi connectivity index (χ4n) is 1.81. The van der Waals surface area contributed by atoms with E-state index in [0.29, 0.717) is 11.3 Å². The Morgan fingerprint density at radius 2 is 2.00 bits per heavy atom. The SMILES string of the molecule is N#Cc1c(F)cccc1OCC(O)c1ccccc1N. The predicted molar refractivity (Wildman–Crippen MR) is 72.4 cm³/mol. The minimum absolute atomic E-state index is 0.0982. The number of hydrogen-bond donors (Lipinski definition) is 2. The number of halogens is 1. The highest BCUT2D eigenvalue weighted by Gasteiger charge is 2.14. The van der Waals surface area contributed by atoms with Gasteiger partial charge in [0.25, 0.3) is 0 Å². The molecule has 2 aromatic carbocycles. The zero-order valence-electron chi connectivity index (χ0n) is 10.6. The summed E-state index contributed by atoms with van der Waals surface area (Å²) in [6.07, 6.45) is -0.953. The second-order valence-electron chi connectivity index (χ2n) is 4.18. The normalized spacial score (nSPS) is 11.7. The highest BCUT2D eigenvalue weighted by atomic mass is 19.1. The van der Waals surface area contributed by atoms with E-state index in [0.717, 1.165) is 0 Å². The number of nitrogen functional groups attached to an aromatic ring is 1. The maximum atomic E-state index is 13.4. The van der Waals surface area contributed by atoms with Crippen molar-refractivity contribution in [3.63, 3.8) is 0 Å². The Hall–Kier alpha value is -2.58. The molecule has 0 aliphatic heterocycles. The first-order valence-electron chi connectivity index (χ1n) is 5.97. The van der Waals surface area contributed by atoms with E-state index < -0.39 is 11.9 Å². The number of benzene rings is 2. The monoisotopic (exact) mass is 272 g/mol. The van der Waals surface area contributed by atoms with Gasteiger partial charge in [-0.15, -0.1) is 0 Å². The molecule has 0 bridgehead atoms. The third-order valence-electron chi connectivity index (χ3n) is 2.84. The van der Waals surface area contributed by atoms with Crippen LogP contribution in [-0.2, 0) is 0 Å². The molecule has 0 amide bonds. The highest BCUT2D eigenvalue weighted by molar-refractivity contribution is 5.48. The molecule has 5 heteroatoms. The van der Waals surface area contributed by atoms with E-state index in [1.807, 2.05) is 0 Å². The van der Waals surface area contributed by atoms with Gasteiger partial charge in [0.1, 0.15) is 35.9 Å². The van der Waals surface area contributed by atoms with Crippen molar-refractivity contribution in [1.29, 1.82) is 5.26 Å². The third-order valence-corrected chi connectivity index (χ3v) is 2.84. The van der Waals surface area contributed by atoms with Gasteiger partial charge in [-0.3, -0.25) is 0 Å². The van der Waals surface area contributed by atoms with Gasteiger partial charge in [0.15, 0.2) is 0 Å². The third kappa shape index (κ3) is 2.87. The average molecular weight is 272 g/mol. The topological polar surface area (TPSA) is 79.3 Å². The van der Waals surface area contributed by atoms with Crippen LogP contribution in [0.5, 0.6) is 5.75 Å². The minimum atomic E-state index is -0.953. The van der Waals surface area contributed by atoms with Gasteiger partial charge < -0.3 is 15.6 Å². The summed E-state index contributed by atoms with van der Waals surface area (Å²) < 4.78 is 18.7. The van der Waals surface area contributed by atoms with Crippen LogP contribution in [0.3, 0.4) is 0 Å². The van der Waals surface area contributed by atoms with E-state index >= 15 is 0 Å². The van der Waals surface area contributed by atoms with E-state index in [2.05, 4.69) is 0 Å². The summed E-state index contributed by atoms with van der Waals surface area (Å²) in [7, 11) is 0. The number of hydrogen-bond acceptors (Lipinski definition) is 4. The first-order valence-corrected chi connectivity index (χ1v) is 5.97. The van der Waals surface area contributed by atoms with Crippen LogP contribution in [0, 0.1) is 17.1 Å². The van der Waals surface area contributed by atoms with Gasteiger partial charge >= 0.3 is 0 Å². The van der Waals surface area contributed by atoms with Crippen LogP contribution in [0.2, 0.25) is 0 Å². The van der Waals surface area contributed by atoms with E-state index in [4.69, 9.17) is 15.7 Å². The summed E-state index contributed by atoms with van der Waals surface area (Å²) in [5.74, 6) is -0.556. The second-order valence-corrected chi connectivity index (χ2v) is 4.18. The predicted octanol–water partition coefficient (Wildman–Crippen LogP) is 2.39. The Morgan fingerprint density at radius 1 is 1.25 bits per heavy atom. The van der Waals surface area contributed by atoms with Crippen molar-refractivity contribution in [2.24, 2.45) is 0 Å². The number of rotatable bonds is 4. The first kappa shape index (κ1) is 13.8. The summed E-state index contributed by atoms with van der Waals surface area (Å²) in [6.45, 7) is -0.119. The Balaban J connectivity index is 2.12. The summed E-state index contributed by atoms with van der Waals surface area (Å²) in [5, 5.41) is 18.9. The molecule has 0 aromatic heterocycles. The van der Waals surface area contributed by atoms with Crippen LogP contribution < -0.4 is 10.5 Å². The van der Waals surface area contributed by atoms with Crippen LogP contribution >= 0.6 is 0 Å². The molecule has 0 radical (unpaired) electrons. The molecule has 0 heterocycles. The molecular formula is C15H13FN2O2. The Labute approximate surface area is 115 Å². The first-order chi connectivity index (χ1) is 9.63. The summed E-state index contributed by atoms with van der Waals surface area (Å²) in [6, 6.07) is 12.7. The lowest BCUT2D eigenvalue weighted by Gasteiger charge is -2.15. The summed E-state index contributed by atoms with van der Waals surface area (Å²) in [4.78, 5) is 0. The fraction of sp³-hybridized carbons (Fsp3) is 0.133. The molecule has 0 aliphatic carbocycles. The zero-order chi connectivity index (χ0) is 14.5. The largest absolute Gasteiger partial charge is 0.489 e. The zero-order valence-corrected chi connectivity index (χ0v) is 10.6. The molecule has 2 aromatic rings. The van der Waals surface area contributed by atoms with Gasteiger partial charge in [0.05, 0.1) is 0 Å². The van der Waals surface area contributed by atoms with Gasteiger partial charge in [0, 0.05) is 11.3 Å². The van der Waals surface area contributed by atoms with Gasteiger partial charge in [-0.25, -0.2) is 4.39 Å². The van der Waals surface area contributed by atoms with E-state index in [1.165, 1.54) is 18.2 Å². The van der Waals surface area contributed by atoms with Crippen LogP contribution in [0.1, 0.15) is 17.2 Å². The molecule has 102 valence electrons. The number of aliphatic hydroxyl groups excluding tert-OH is 1. The van der Waals surface area contributed by atoms with Gasteiger partial charge in [0.2, 0.25) is 0 Å². The average Bonchev–Trinajstić information content (AvgIpc) is 2.45. The maximum Gasteiger partial charge on any atom is 0.144 e. The van der Waals surface area contributed by atoms with Crippen molar-refractivity contribution < 1.29 is 14.2 Å². The number of anilines is 1. The van der Waals surface area contributed by atoms with Crippen molar-refractivity contribution in [1.82, 2.24) is 0 Å². The quantitative estimate of drug-likeness (QED) is 0.837. The Bertz CT molecular complexity index is 653. The van der Waals surface area contributed by atoms with Crippen molar-refractivity contribution >= 4 is 5.69 Å². The molecule has 3 N–H and O–H groups in total. The Kier molecular flexibility index (Phi) is 4.18. The number of nitrogens with zero attached hydrogens (tertiary/aromatic N) is 1. The van der Waals surface area contributed by atoms with Gasteiger partial charge in [-0.1, -0.05) is 24.3 Å². The highest BCUT2D eigenvalue weighted by Crippen LogP contribution is 2.24. The Morgan fingerprint density at radius 3 is 2.70 bits per heavy atom. The number of para-hydroxylation sites is 1. The number of aliphatic hydroxyl groups is 1. The number of nitriles is 1. The molecule has 2 rings (SSSR count). The molecule has 0 aliphatic rings. The molecule has 0 spiro atoms. The number of ether oxygens (including phenoxy) is 1. The van der Waals surface area contributed by atoms with E-state index in [9.17, 15) is 9.50 Å².